The van der Waals surface area contributed by atoms with Crippen LogP contribution in [0.5, 0.6) is 0 Å². The summed E-state index contributed by atoms with van der Waals surface area (Å²) in [5.41, 5.74) is 2.08. The Morgan fingerprint density at radius 1 is 1.10 bits per heavy atom. The van der Waals surface area contributed by atoms with Gasteiger partial charge in [-0.05, 0) is 36.3 Å². The number of carbonyl (C=O) groups excluding carboxylic acids is 1. The monoisotopic (exact) mass is 283 g/mol. The molecule has 0 aliphatic rings. The van der Waals surface area contributed by atoms with Gasteiger partial charge in [-0.25, -0.2) is 9.18 Å². The van der Waals surface area contributed by atoms with Crippen molar-refractivity contribution < 1.29 is 14.0 Å². The maximum absolute atomic E-state index is 12.8. The van der Waals surface area contributed by atoms with E-state index in [1.165, 1.54) is 18.2 Å². The summed E-state index contributed by atoms with van der Waals surface area (Å²) in [6.45, 7) is 1.68. The summed E-state index contributed by atoms with van der Waals surface area (Å²) in [7, 11) is 0. The zero-order valence-electron chi connectivity index (χ0n) is 11.5. The van der Waals surface area contributed by atoms with E-state index >= 15 is 0 Å². The number of benzene rings is 2. The van der Waals surface area contributed by atoms with Crippen LogP contribution in [0.1, 0.15) is 18.1 Å². The topological polar surface area (TPSA) is 38.7 Å². The molecule has 2 aromatic rings. The largest absolute Gasteiger partial charge is 0.358 e. The Labute approximate surface area is 122 Å². The molecule has 2 rings (SSSR count). The van der Waals surface area contributed by atoms with Gasteiger partial charge in [-0.3, -0.25) is 0 Å². The van der Waals surface area contributed by atoms with Crippen LogP contribution in [0, 0.1) is 5.82 Å². The van der Waals surface area contributed by atoms with Crippen LogP contribution in [0.15, 0.2) is 65.8 Å². The summed E-state index contributed by atoms with van der Waals surface area (Å²) in [6.07, 6.45) is 2.95. The maximum Gasteiger partial charge on any atom is 0.358 e. The van der Waals surface area contributed by atoms with E-state index in [1.807, 2.05) is 30.3 Å². The second-order valence-corrected chi connectivity index (χ2v) is 4.34. The Morgan fingerprint density at radius 2 is 1.76 bits per heavy atom. The maximum atomic E-state index is 12.8. The highest BCUT2D eigenvalue weighted by atomic mass is 19.1. The molecule has 0 saturated carbocycles. The highest BCUT2D eigenvalue weighted by molar-refractivity contribution is 5.99. The second kappa shape index (κ2) is 7.14. The van der Waals surface area contributed by atoms with E-state index in [0.717, 1.165) is 5.56 Å². The van der Waals surface area contributed by atoms with Crippen molar-refractivity contribution in [2.45, 2.75) is 6.92 Å². The highest BCUT2D eigenvalue weighted by Gasteiger charge is 2.01. The van der Waals surface area contributed by atoms with Crippen LogP contribution in [0.3, 0.4) is 0 Å². The van der Waals surface area contributed by atoms with Crippen molar-refractivity contribution in [1.29, 1.82) is 0 Å². The molecule has 0 N–H and O–H groups in total. The van der Waals surface area contributed by atoms with Crippen LogP contribution in [0.2, 0.25) is 0 Å². The molecule has 0 amide bonds. The fraction of sp³-hybridized carbons (Fsp3) is 0.0588. The minimum absolute atomic E-state index is 0.325. The number of hydrogen-bond donors (Lipinski definition) is 0. The van der Waals surface area contributed by atoms with Crippen LogP contribution >= 0.6 is 0 Å². The van der Waals surface area contributed by atoms with Gasteiger partial charge in [0, 0.05) is 6.08 Å². The first-order chi connectivity index (χ1) is 10.1. The molecule has 0 saturated heterocycles. The Hall–Kier alpha value is -2.75. The molecule has 0 unspecified atom stereocenters. The minimum Gasteiger partial charge on any atom is -0.313 e. The van der Waals surface area contributed by atoms with Crippen LogP contribution in [0.25, 0.3) is 6.08 Å². The molecule has 0 spiro atoms. The van der Waals surface area contributed by atoms with Crippen molar-refractivity contribution in [3.8, 4) is 0 Å². The standard InChI is InChI=1S/C17H14FNO2/c1-13(15-8-10-16(18)11-9-15)19-21-17(20)12-7-14-5-3-2-4-6-14/h2-12H,1H3/b12-7+,19-13?. The first-order valence-corrected chi connectivity index (χ1v) is 6.40. The minimum atomic E-state index is -0.569. The molecule has 21 heavy (non-hydrogen) atoms. The molecular formula is C17H14FNO2. The SMILES string of the molecule is CC(=NOC(=O)/C=C/c1ccccc1)c1ccc(F)cc1. The predicted molar refractivity (Wildman–Crippen MR) is 80.2 cm³/mol. The number of nitrogens with zero attached hydrogens (tertiary/aromatic N) is 1. The van der Waals surface area contributed by atoms with E-state index in [4.69, 9.17) is 4.84 Å². The molecule has 0 aliphatic carbocycles. The normalized spacial score (nSPS) is 11.6. The van der Waals surface area contributed by atoms with Gasteiger partial charge in [-0.15, -0.1) is 0 Å². The fourth-order valence-corrected chi connectivity index (χ4v) is 1.62. The van der Waals surface area contributed by atoms with Gasteiger partial charge in [0.05, 0.1) is 5.71 Å². The van der Waals surface area contributed by atoms with Gasteiger partial charge in [0.1, 0.15) is 5.82 Å². The van der Waals surface area contributed by atoms with E-state index in [0.29, 0.717) is 11.3 Å². The molecule has 0 fully saturated rings. The van der Waals surface area contributed by atoms with Crippen LogP contribution in [0.4, 0.5) is 4.39 Å². The van der Waals surface area contributed by atoms with Crippen molar-refractivity contribution in [3.63, 3.8) is 0 Å². The molecule has 106 valence electrons. The summed E-state index contributed by atoms with van der Waals surface area (Å²) >= 11 is 0. The van der Waals surface area contributed by atoms with Crippen molar-refractivity contribution in [3.05, 3.63) is 77.6 Å². The lowest BCUT2D eigenvalue weighted by Gasteiger charge is -1.99. The molecule has 2 aromatic carbocycles. The number of rotatable bonds is 4. The summed E-state index contributed by atoms with van der Waals surface area (Å²) in [5, 5.41) is 3.73. The summed E-state index contributed by atoms with van der Waals surface area (Å²) < 4.78 is 12.8. The summed E-state index contributed by atoms with van der Waals surface area (Å²) in [4.78, 5) is 16.3. The van der Waals surface area contributed by atoms with Crippen LogP contribution in [-0.4, -0.2) is 11.7 Å². The fourth-order valence-electron chi connectivity index (χ4n) is 1.62. The first kappa shape index (κ1) is 14.7. The smallest absolute Gasteiger partial charge is 0.313 e. The average Bonchev–Trinajstić information content (AvgIpc) is 2.52. The number of oxime groups is 1. The van der Waals surface area contributed by atoms with Gasteiger partial charge in [0.15, 0.2) is 0 Å². The number of halogens is 1. The van der Waals surface area contributed by atoms with Gasteiger partial charge >= 0.3 is 5.97 Å². The lowest BCUT2D eigenvalue weighted by atomic mass is 10.1. The van der Waals surface area contributed by atoms with Gasteiger partial charge in [-0.1, -0.05) is 47.6 Å². The van der Waals surface area contributed by atoms with Gasteiger partial charge in [0.2, 0.25) is 0 Å². The Morgan fingerprint density at radius 3 is 2.43 bits per heavy atom. The number of carbonyl (C=O) groups is 1. The van der Waals surface area contributed by atoms with Gasteiger partial charge in [-0.2, -0.15) is 0 Å². The first-order valence-electron chi connectivity index (χ1n) is 6.40. The highest BCUT2D eigenvalue weighted by Crippen LogP contribution is 2.05. The Balaban J connectivity index is 1.95. The zero-order chi connectivity index (χ0) is 15.1. The van der Waals surface area contributed by atoms with Crippen LogP contribution < -0.4 is 0 Å². The zero-order valence-corrected chi connectivity index (χ0v) is 11.5. The van der Waals surface area contributed by atoms with E-state index in [-0.39, 0.29) is 5.82 Å². The van der Waals surface area contributed by atoms with E-state index < -0.39 is 5.97 Å². The molecule has 0 aromatic heterocycles. The molecule has 3 nitrogen and oxygen atoms in total. The Bertz CT molecular complexity index is 661. The van der Waals surface area contributed by atoms with Crippen molar-refractivity contribution in [2.24, 2.45) is 5.16 Å². The summed E-state index contributed by atoms with van der Waals surface area (Å²) in [6, 6.07) is 15.2. The predicted octanol–water partition coefficient (Wildman–Crippen LogP) is 3.81. The molecule has 0 bridgehead atoms. The molecule has 0 atom stereocenters. The van der Waals surface area contributed by atoms with E-state index in [2.05, 4.69) is 5.16 Å². The van der Waals surface area contributed by atoms with Crippen molar-refractivity contribution >= 4 is 17.8 Å². The van der Waals surface area contributed by atoms with E-state index in [1.54, 1.807) is 25.1 Å². The molecule has 0 radical (unpaired) electrons. The quantitative estimate of drug-likeness (QED) is 0.370. The second-order valence-electron chi connectivity index (χ2n) is 4.34. The summed E-state index contributed by atoms with van der Waals surface area (Å²) in [5.74, 6) is -0.894. The van der Waals surface area contributed by atoms with Crippen LogP contribution in [-0.2, 0) is 9.63 Å². The number of hydrogen-bond acceptors (Lipinski definition) is 3. The van der Waals surface area contributed by atoms with Gasteiger partial charge < -0.3 is 4.84 Å². The third-order valence-electron chi connectivity index (χ3n) is 2.75. The van der Waals surface area contributed by atoms with Crippen molar-refractivity contribution in [1.82, 2.24) is 0 Å². The average molecular weight is 283 g/mol. The van der Waals surface area contributed by atoms with E-state index in [9.17, 15) is 9.18 Å². The third-order valence-corrected chi connectivity index (χ3v) is 2.75. The lowest BCUT2D eigenvalue weighted by molar-refractivity contribution is -0.137. The Kier molecular flexibility index (Phi) is 4.99. The van der Waals surface area contributed by atoms with Crippen molar-refractivity contribution in [2.75, 3.05) is 0 Å². The third kappa shape index (κ3) is 4.69. The molecule has 0 heterocycles. The lowest BCUT2D eigenvalue weighted by Crippen LogP contribution is -2.00. The molecule has 0 aliphatic heterocycles. The van der Waals surface area contributed by atoms with Gasteiger partial charge in [0.25, 0.3) is 0 Å². The molecule has 4 heteroatoms. The molecular weight excluding hydrogens is 269 g/mol.